The monoisotopic (exact) mass is 462 g/mol. The first-order valence-corrected chi connectivity index (χ1v) is 9.19. The summed E-state index contributed by atoms with van der Waals surface area (Å²) in [6, 6.07) is 0.0765. The van der Waals surface area contributed by atoms with E-state index in [1.807, 2.05) is 0 Å². The van der Waals surface area contributed by atoms with Gasteiger partial charge in [0, 0.05) is 25.6 Å². The zero-order valence-electron chi connectivity index (χ0n) is 16.3. The molecule has 2 heterocycles. The molecule has 1 atom stereocenters. The molecule has 1 aliphatic heterocycles. The van der Waals surface area contributed by atoms with Crippen LogP contribution in [0.25, 0.3) is 0 Å². The molecule has 0 saturated heterocycles. The fourth-order valence-corrected chi connectivity index (χ4v) is 3.47. The highest BCUT2D eigenvalue weighted by Crippen LogP contribution is 2.32. The Kier molecular flexibility index (Phi) is 6.28. The number of halogens is 6. The SMILES string of the molecule is C=N[C@@H](CC(=O)N1CCn2c(C(F)(F)F)nc(C(=O)O)c2C1)Cc1cc(F)c(F)cc1F. The Hall–Kier alpha value is -3.38. The minimum atomic E-state index is -4.87. The van der Waals surface area contributed by atoms with Crippen LogP contribution in [0.3, 0.4) is 0 Å². The number of carbonyl (C=O) groups excluding carboxylic acids is 1. The molecule has 1 aromatic heterocycles. The number of carboxylic acids is 1. The van der Waals surface area contributed by atoms with E-state index < -0.39 is 59.6 Å². The molecule has 0 bridgehead atoms. The molecule has 1 aromatic carbocycles. The Balaban J connectivity index is 1.77. The van der Waals surface area contributed by atoms with Gasteiger partial charge >= 0.3 is 12.1 Å². The second kappa shape index (κ2) is 8.63. The smallest absolute Gasteiger partial charge is 0.449 e. The van der Waals surface area contributed by atoms with Gasteiger partial charge in [-0.25, -0.2) is 22.9 Å². The molecule has 1 N–H and O–H groups in total. The van der Waals surface area contributed by atoms with Crippen LogP contribution < -0.4 is 0 Å². The van der Waals surface area contributed by atoms with E-state index in [-0.39, 0.29) is 37.2 Å². The number of fused-ring (bicyclic) bond motifs is 1. The Morgan fingerprint density at radius 1 is 1.16 bits per heavy atom. The lowest BCUT2D eigenvalue weighted by Crippen LogP contribution is -2.40. The van der Waals surface area contributed by atoms with Crippen LogP contribution in [0.15, 0.2) is 17.1 Å². The first kappa shape index (κ1) is 23.3. The highest BCUT2D eigenvalue weighted by atomic mass is 19.4. The minimum Gasteiger partial charge on any atom is -0.476 e. The van der Waals surface area contributed by atoms with E-state index in [0.717, 1.165) is 4.90 Å². The van der Waals surface area contributed by atoms with Gasteiger partial charge in [0.25, 0.3) is 0 Å². The number of nitrogens with zero attached hydrogens (tertiary/aromatic N) is 4. The standard InChI is InChI=1S/C19H16F6N4O3/c1-26-10(4-9-5-12(21)13(22)7-11(9)20)6-15(30)28-2-3-29-14(8-28)16(17(31)32)27-18(29)19(23,24)25/h5,7,10H,1-4,6,8H2,(H,31,32)/t10-/m1/s1. The summed E-state index contributed by atoms with van der Waals surface area (Å²) in [7, 11) is 0. The molecule has 13 heteroatoms. The summed E-state index contributed by atoms with van der Waals surface area (Å²) < 4.78 is 80.6. The van der Waals surface area contributed by atoms with Gasteiger partial charge in [0.1, 0.15) is 5.82 Å². The van der Waals surface area contributed by atoms with Crippen LogP contribution in [0.5, 0.6) is 0 Å². The summed E-state index contributed by atoms with van der Waals surface area (Å²) in [5, 5.41) is 9.20. The highest BCUT2D eigenvalue weighted by Gasteiger charge is 2.41. The fourth-order valence-electron chi connectivity index (χ4n) is 3.47. The summed E-state index contributed by atoms with van der Waals surface area (Å²) >= 11 is 0. The summed E-state index contributed by atoms with van der Waals surface area (Å²) in [4.78, 5) is 32.0. The summed E-state index contributed by atoms with van der Waals surface area (Å²) in [6.45, 7) is 2.37. The average Bonchev–Trinajstić information content (AvgIpc) is 3.10. The van der Waals surface area contributed by atoms with E-state index in [1.54, 1.807) is 0 Å². The van der Waals surface area contributed by atoms with Crippen molar-refractivity contribution in [1.29, 1.82) is 0 Å². The molecular weight excluding hydrogens is 446 g/mol. The number of hydrogen-bond acceptors (Lipinski definition) is 4. The van der Waals surface area contributed by atoms with Gasteiger partial charge in [-0.1, -0.05) is 0 Å². The average molecular weight is 462 g/mol. The van der Waals surface area contributed by atoms with Gasteiger partial charge in [-0.3, -0.25) is 9.79 Å². The number of imidazole rings is 1. The molecule has 0 saturated carbocycles. The third-order valence-corrected chi connectivity index (χ3v) is 5.03. The number of carboxylic acid groups (broad SMARTS) is 1. The number of benzene rings is 1. The third-order valence-electron chi connectivity index (χ3n) is 5.03. The molecular formula is C19H16F6N4O3. The predicted molar refractivity (Wildman–Crippen MR) is 97.6 cm³/mol. The Labute approximate surface area is 177 Å². The van der Waals surface area contributed by atoms with Crippen LogP contribution in [0, 0.1) is 17.5 Å². The Morgan fingerprint density at radius 2 is 1.81 bits per heavy atom. The number of carbonyl (C=O) groups is 2. The third kappa shape index (κ3) is 4.60. The van der Waals surface area contributed by atoms with Crippen LogP contribution >= 0.6 is 0 Å². The van der Waals surface area contributed by atoms with Crippen molar-refractivity contribution in [2.75, 3.05) is 6.54 Å². The topological polar surface area (TPSA) is 87.8 Å². The summed E-state index contributed by atoms with van der Waals surface area (Å²) in [5.41, 5.74) is -1.31. The van der Waals surface area contributed by atoms with E-state index in [0.29, 0.717) is 16.7 Å². The number of aromatic nitrogens is 2. The maximum Gasteiger partial charge on any atom is 0.449 e. The minimum absolute atomic E-state index is 0.159. The van der Waals surface area contributed by atoms with Crippen molar-refractivity contribution in [3.05, 3.63) is 52.4 Å². The van der Waals surface area contributed by atoms with Crippen molar-refractivity contribution >= 4 is 18.6 Å². The summed E-state index contributed by atoms with van der Waals surface area (Å²) in [6.07, 6.45) is -5.51. The molecule has 7 nitrogen and oxygen atoms in total. The normalized spacial score (nSPS) is 14.8. The van der Waals surface area contributed by atoms with E-state index in [1.165, 1.54) is 0 Å². The zero-order chi connectivity index (χ0) is 23.8. The van der Waals surface area contributed by atoms with Gasteiger partial charge in [0.15, 0.2) is 17.3 Å². The van der Waals surface area contributed by atoms with Crippen molar-refractivity contribution in [1.82, 2.24) is 14.5 Å². The van der Waals surface area contributed by atoms with Crippen molar-refractivity contribution in [2.45, 2.75) is 38.1 Å². The van der Waals surface area contributed by atoms with Gasteiger partial charge in [-0.05, 0) is 24.8 Å². The van der Waals surface area contributed by atoms with E-state index >= 15 is 0 Å². The zero-order valence-corrected chi connectivity index (χ0v) is 16.3. The number of aromatic carboxylic acids is 1. The molecule has 1 aliphatic rings. The van der Waals surface area contributed by atoms with Crippen molar-refractivity contribution < 1.29 is 41.0 Å². The van der Waals surface area contributed by atoms with Gasteiger partial charge in [0.2, 0.25) is 11.7 Å². The maximum absolute atomic E-state index is 13.9. The second-order valence-corrected chi connectivity index (χ2v) is 7.10. The first-order valence-electron chi connectivity index (χ1n) is 9.19. The Morgan fingerprint density at radius 3 is 2.41 bits per heavy atom. The number of alkyl halides is 3. The van der Waals surface area contributed by atoms with Crippen molar-refractivity contribution in [3.63, 3.8) is 0 Å². The molecule has 0 fully saturated rings. The van der Waals surface area contributed by atoms with Crippen molar-refractivity contribution in [2.24, 2.45) is 4.99 Å². The molecule has 172 valence electrons. The van der Waals surface area contributed by atoms with E-state index in [4.69, 9.17) is 0 Å². The number of aliphatic imine (C=N–C) groups is 1. The van der Waals surface area contributed by atoms with Gasteiger partial charge < -0.3 is 14.6 Å². The lowest BCUT2D eigenvalue weighted by atomic mass is 10.0. The molecule has 0 radical (unpaired) electrons. The predicted octanol–water partition coefficient (Wildman–Crippen LogP) is 3.06. The molecule has 2 aromatic rings. The quantitative estimate of drug-likeness (QED) is 0.406. The van der Waals surface area contributed by atoms with Crippen LogP contribution in [0.1, 0.15) is 34.0 Å². The summed E-state index contributed by atoms with van der Waals surface area (Å²) in [5.74, 6) is -7.32. The number of amides is 1. The highest BCUT2D eigenvalue weighted by molar-refractivity contribution is 5.87. The largest absolute Gasteiger partial charge is 0.476 e. The lowest BCUT2D eigenvalue weighted by molar-refractivity contribution is -0.148. The van der Waals surface area contributed by atoms with Crippen LogP contribution in [0.2, 0.25) is 0 Å². The van der Waals surface area contributed by atoms with Crippen LogP contribution in [-0.4, -0.2) is 50.7 Å². The van der Waals surface area contributed by atoms with E-state index in [2.05, 4.69) is 16.7 Å². The van der Waals surface area contributed by atoms with Crippen LogP contribution in [-0.2, 0) is 30.5 Å². The second-order valence-electron chi connectivity index (χ2n) is 7.10. The maximum atomic E-state index is 13.9. The first-order chi connectivity index (χ1) is 14.9. The number of rotatable bonds is 6. The molecule has 3 rings (SSSR count). The molecule has 32 heavy (non-hydrogen) atoms. The van der Waals surface area contributed by atoms with Gasteiger partial charge in [0.05, 0.1) is 18.3 Å². The van der Waals surface area contributed by atoms with Crippen molar-refractivity contribution in [3.8, 4) is 0 Å². The van der Waals surface area contributed by atoms with Gasteiger partial charge in [-0.15, -0.1) is 0 Å². The fraction of sp³-hybridized carbons (Fsp3) is 0.368. The molecule has 0 aliphatic carbocycles. The molecule has 0 unspecified atom stereocenters. The van der Waals surface area contributed by atoms with Gasteiger partial charge in [-0.2, -0.15) is 13.2 Å². The lowest BCUT2D eigenvalue weighted by Gasteiger charge is -2.30. The Bertz CT molecular complexity index is 1080. The van der Waals surface area contributed by atoms with E-state index in [9.17, 15) is 41.0 Å². The molecule has 1 amide bonds. The van der Waals surface area contributed by atoms with Crippen LogP contribution in [0.4, 0.5) is 26.3 Å². The number of hydrogen-bond donors (Lipinski definition) is 1. The molecule has 0 spiro atoms.